The summed E-state index contributed by atoms with van der Waals surface area (Å²) in [6.07, 6.45) is 5.70. The highest BCUT2D eigenvalue weighted by Gasteiger charge is 2.50. The van der Waals surface area contributed by atoms with E-state index in [1.54, 1.807) is 0 Å². The molecule has 0 aliphatic carbocycles. The Morgan fingerprint density at radius 1 is 1.10 bits per heavy atom. The molecule has 212 valence electrons. The van der Waals surface area contributed by atoms with Crippen molar-refractivity contribution in [2.45, 2.75) is 70.6 Å². The molecule has 2 unspecified atom stereocenters. The third kappa shape index (κ3) is 7.03. The first-order valence-electron chi connectivity index (χ1n) is 13.5. The Labute approximate surface area is 251 Å². The van der Waals surface area contributed by atoms with Crippen LogP contribution in [0.5, 0.6) is 5.75 Å². The van der Waals surface area contributed by atoms with Gasteiger partial charge in [-0.1, -0.05) is 54.1 Å². The molecule has 2 aliphatic heterocycles. The van der Waals surface area contributed by atoms with Crippen LogP contribution < -0.4 is 31.6 Å². The number of hydrogen-bond acceptors (Lipinski definition) is 4. The van der Waals surface area contributed by atoms with Crippen LogP contribution in [0, 0.1) is 0 Å². The molecule has 0 spiro atoms. The number of nitrogens with one attached hydrogen (secondary N) is 1. The lowest BCUT2D eigenvalue weighted by Crippen LogP contribution is -3.00. The molecule has 1 N–H and O–H groups in total. The Morgan fingerprint density at radius 3 is 2.58 bits per heavy atom. The highest BCUT2D eigenvalue weighted by molar-refractivity contribution is 6.30. The van der Waals surface area contributed by atoms with Crippen LogP contribution in [-0.4, -0.2) is 35.0 Å². The van der Waals surface area contributed by atoms with Gasteiger partial charge in [-0.05, 0) is 49.9 Å². The summed E-state index contributed by atoms with van der Waals surface area (Å²) in [5, 5.41) is 3.65. The number of pyridine rings is 1. The zero-order chi connectivity index (χ0) is 27.4. The highest BCUT2D eigenvalue weighted by atomic mass is 79.9. The van der Waals surface area contributed by atoms with Gasteiger partial charge in [-0.2, -0.15) is 4.57 Å². The van der Waals surface area contributed by atoms with Gasteiger partial charge in [-0.15, -0.1) is 0 Å². The number of aromatic nitrogens is 1. The molecule has 2 atom stereocenters. The normalized spacial score (nSPS) is 19.7. The van der Waals surface area contributed by atoms with Crippen molar-refractivity contribution in [3.05, 3.63) is 94.8 Å². The molecule has 1 saturated heterocycles. The van der Waals surface area contributed by atoms with Gasteiger partial charge in [-0.3, -0.25) is 9.59 Å². The van der Waals surface area contributed by atoms with E-state index in [0.29, 0.717) is 36.9 Å². The summed E-state index contributed by atoms with van der Waals surface area (Å²) >= 11 is 6.07. The molecule has 7 nitrogen and oxygen atoms in total. The number of amides is 2. The van der Waals surface area contributed by atoms with Gasteiger partial charge in [0, 0.05) is 30.6 Å². The molecule has 2 amide bonds. The van der Waals surface area contributed by atoms with Crippen LogP contribution in [0.4, 0.5) is 0 Å². The smallest absolute Gasteiger partial charge is 0.286 e. The number of nitrogens with zero attached hydrogens (tertiary/aromatic N) is 2. The molecular weight excluding hydrogens is 594 g/mol. The van der Waals surface area contributed by atoms with Gasteiger partial charge in [0.1, 0.15) is 17.5 Å². The molecule has 9 heteroatoms. The fourth-order valence-electron chi connectivity index (χ4n) is 5.37. The maximum atomic E-state index is 13.2. The Bertz CT molecular complexity index is 1320. The van der Waals surface area contributed by atoms with E-state index in [0.717, 1.165) is 29.5 Å². The van der Waals surface area contributed by atoms with Gasteiger partial charge in [0.15, 0.2) is 12.4 Å². The molecular formula is C31H35BrClN3O4. The minimum absolute atomic E-state index is 0. The fraction of sp³-hybridized carbons (Fsp3) is 0.387. The van der Waals surface area contributed by atoms with Crippen molar-refractivity contribution in [3.8, 4) is 5.75 Å². The zero-order valence-electron chi connectivity index (χ0n) is 22.8. The summed E-state index contributed by atoms with van der Waals surface area (Å²) in [6.45, 7) is 5.64. The molecule has 5 rings (SSSR count). The minimum Gasteiger partial charge on any atom is -1.00 e. The Balaban J connectivity index is 0.00000370. The third-order valence-corrected chi connectivity index (χ3v) is 7.62. The second-order valence-electron chi connectivity index (χ2n) is 10.8. The summed E-state index contributed by atoms with van der Waals surface area (Å²) in [5.74, 6) is 0.726. The largest absolute Gasteiger partial charge is 1.00 e. The van der Waals surface area contributed by atoms with E-state index in [2.05, 4.69) is 5.32 Å². The SMILES string of the molecule is CC1(C)Oc2cc[n+](CC(=O)NCc3ccccc3)cc2C(N2CCCCC2=O)C1OCc1ccc(Cl)cc1.[Br-]. The van der Waals surface area contributed by atoms with Crippen molar-refractivity contribution in [1.29, 1.82) is 0 Å². The molecule has 3 heterocycles. The molecule has 2 aromatic carbocycles. The first-order valence-corrected chi connectivity index (χ1v) is 13.9. The van der Waals surface area contributed by atoms with Crippen molar-refractivity contribution < 1.29 is 40.6 Å². The van der Waals surface area contributed by atoms with Gasteiger partial charge < -0.3 is 36.7 Å². The van der Waals surface area contributed by atoms with Gasteiger partial charge in [0.05, 0.1) is 18.2 Å². The molecule has 1 fully saturated rings. The van der Waals surface area contributed by atoms with E-state index in [1.807, 2.05) is 96.4 Å². The standard InChI is InChI=1S/C31H34ClN3O4.BrH/c1-31(2)30(38-21-23-11-13-24(32)14-12-23)29(35-16-7-6-10-28(35)37)25-19-34(17-15-26(25)39-31)20-27(36)33-18-22-8-4-3-5-9-22;/h3-5,8-9,11-15,17,19,29-30H,6-7,10,16,18,20-21H2,1-2H3;1H. The average molecular weight is 629 g/mol. The Hall–Kier alpha value is -2.94. The van der Waals surface area contributed by atoms with Crippen molar-refractivity contribution in [3.63, 3.8) is 0 Å². The van der Waals surface area contributed by atoms with E-state index in [-0.39, 0.29) is 41.4 Å². The lowest BCUT2D eigenvalue weighted by atomic mass is 9.85. The van der Waals surface area contributed by atoms with Crippen LogP contribution in [0.1, 0.15) is 55.8 Å². The number of ether oxygens (including phenoxy) is 2. The number of carbonyl (C=O) groups is 2. The van der Waals surface area contributed by atoms with Gasteiger partial charge in [0.2, 0.25) is 12.5 Å². The average Bonchev–Trinajstić information content (AvgIpc) is 2.92. The van der Waals surface area contributed by atoms with E-state index in [1.165, 1.54) is 0 Å². The van der Waals surface area contributed by atoms with Crippen LogP contribution in [0.2, 0.25) is 5.02 Å². The molecule has 0 bridgehead atoms. The second kappa shape index (κ2) is 13.1. The van der Waals surface area contributed by atoms with Crippen molar-refractivity contribution >= 4 is 23.4 Å². The third-order valence-electron chi connectivity index (χ3n) is 7.37. The molecule has 2 aliphatic rings. The van der Waals surface area contributed by atoms with Gasteiger partial charge in [0.25, 0.3) is 5.91 Å². The van der Waals surface area contributed by atoms with Crippen LogP contribution in [0.15, 0.2) is 73.1 Å². The molecule has 0 radical (unpaired) electrons. The van der Waals surface area contributed by atoms with Gasteiger partial charge in [-0.25, -0.2) is 0 Å². The van der Waals surface area contributed by atoms with Crippen LogP contribution >= 0.6 is 11.6 Å². The van der Waals surface area contributed by atoms with E-state index in [4.69, 9.17) is 21.1 Å². The second-order valence-corrected chi connectivity index (χ2v) is 11.2. The maximum absolute atomic E-state index is 13.2. The summed E-state index contributed by atoms with van der Waals surface area (Å²) in [5.41, 5.74) is 2.19. The number of carbonyl (C=O) groups excluding carboxylic acids is 2. The molecule has 0 saturated carbocycles. The molecule has 1 aromatic heterocycles. The van der Waals surface area contributed by atoms with Crippen LogP contribution in [-0.2, 0) is 34.0 Å². The van der Waals surface area contributed by atoms with E-state index in [9.17, 15) is 9.59 Å². The van der Waals surface area contributed by atoms with Crippen molar-refractivity contribution in [2.24, 2.45) is 0 Å². The minimum atomic E-state index is -0.693. The maximum Gasteiger partial charge on any atom is 0.286 e. The number of likely N-dealkylation sites (tertiary alicyclic amines) is 1. The van der Waals surface area contributed by atoms with Crippen LogP contribution in [0.3, 0.4) is 0 Å². The topological polar surface area (TPSA) is 71.8 Å². The Kier molecular flexibility index (Phi) is 9.87. The van der Waals surface area contributed by atoms with Gasteiger partial charge >= 0.3 is 0 Å². The van der Waals surface area contributed by atoms with E-state index < -0.39 is 11.7 Å². The summed E-state index contributed by atoms with van der Waals surface area (Å²) < 4.78 is 14.9. The van der Waals surface area contributed by atoms with Crippen molar-refractivity contribution in [2.75, 3.05) is 6.54 Å². The lowest BCUT2D eigenvalue weighted by Gasteiger charge is -2.48. The molecule has 40 heavy (non-hydrogen) atoms. The van der Waals surface area contributed by atoms with E-state index >= 15 is 0 Å². The van der Waals surface area contributed by atoms with Crippen LogP contribution in [0.25, 0.3) is 0 Å². The zero-order valence-corrected chi connectivity index (χ0v) is 25.2. The Morgan fingerprint density at radius 2 is 1.85 bits per heavy atom. The number of fused-ring (bicyclic) bond motifs is 1. The number of piperidine rings is 1. The first kappa shape index (κ1) is 30.0. The number of rotatable bonds is 8. The first-order chi connectivity index (χ1) is 18.8. The lowest BCUT2D eigenvalue weighted by molar-refractivity contribution is -0.685. The monoisotopic (exact) mass is 627 g/mol. The number of hydrogen-bond donors (Lipinski definition) is 1. The highest BCUT2D eigenvalue weighted by Crippen LogP contribution is 2.45. The van der Waals surface area contributed by atoms with Crippen molar-refractivity contribution in [1.82, 2.24) is 10.2 Å². The molecule has 3 aromatic rings. The summed E-state index contributed by atoms with van der Waals surface area (Å²) in [7, 11) is 0. The summed E-state index contributed by atoms with van der Waals surface area (Å²) in [4.78, 5) is 27.9. The predicted molar refractivity (Wildman–Crippen MR) is 148 cm³/mol. The quantitative estimate of drug-likeness (QED) is 0.386. The fourth-order valence-corrected chi connectivity index (χ4v) is 5.50. The summed E-state index contributed by atoms with van der Waals surface area (Å²) in [6, 6.07) is 18.9. The number of halogens is 2. The number of benzene rings is 2. The predicted octanol–water partition coefficient (Wildman–Crippen LogP) is 1.76.